The van der Waals surface area contributed by atoms with E-state index in [1.165, 1.54) is 23.9 Å². The van der Waals surface area contributed by atoms with Gasteiger partial charge in [0.05, 0.1) is 0 Å². The molecule has 8 nitrogen and oxygen atoms in total. The van der Waals surface area contributed by atoms with E-state index >= 15 is 0 Å². The highest BCUT2D eigenvalue weighted by molar-refractivity contribution is 8.14. The van der Waals surface area contributed by atoms with Gasteiger partial charge in [0.2, 0.25) is 5.12 Å². The fourth-order valence-corrected chi connectivity index (χ4v) is 7.29. The Hall–Kier alpha value is -3.38. The van der Waals surface area contributed by atoms with Crippen LogP contribution in [0.25, 0.3) is 11.1 Å². The number of esters is 1. The summed E-state index contributed by atoms with van der Waals surface area (Å²) >= 11 is 2.94. The minimum absolute atomic E-state index is 0.0566. The number of hydrogen-bond donors (Lipinski definition) is 2. The minimum Gasteiger partial charge on any atom is -0.492 e. The lowest BCUT2D eigenvalue weighted by Crippen LogP contribution is -2.45. The van der Waals surface area contributed by atoms with Crippen molar-refractivity contribution in [2.45, 2.75) is 49.1 Å². The van der Waals surface area contributed by atoms with Crippen LogP contribution < -0.4 is 15.4 Å². The van der Waals surface area contributed by atoms with E-state index in [1.54, 1.807) is 42.1 Å². The van der Waals surface area contributed by atoms with Gasteiger partial charge in [0.25, 0.3) is 5.91 Å². The zero-order valence-corrected chi connectivity index (χ0v) is 28.4. The smallest absolute Gasteiger partial charge is 0.328 e. The van der Waals surface area contributed by atoms with E-state index < -0.39 is 17.9 Å². The Labute approximate surface area is 284 Å². The number of likely N-dealkylation sites (tertiary alicyclic amines) is 1. The summed E-state index contributed by atoms with van der Waals surface area (Å²) in [6, 6.07) is 19.7. The van der Waals surface area contributed by atoms with E-state index in [1.807, 2.05) is 43.6 Å². The molecule has 11 heteroatoms. The van der Waals surface area contributed by atoms with E-state index in [9.17, 15) is 18.8 Å². The number of hydrogen-bond acceptors (Lipinski definition) is 9. The lowest BCUT2D eigenvalue weighted by atomic mass is 9.98. The number of rotatable bonds is 13. The molecule has 0 radical (unpaired) electrons. The van der Waals surface area contributed by atoms with Gasteiger partial charge >= 0.3 is 5.97 Å². The van der Waals surface area contributed by atoms with Crippen molar-refractivity contribution in [1.29, 1.82) is 0 Å². The SMILES string of the molecule is CSCCC(NC(=O)c1ccc(OCC2CC(SC(=O)c3ccccc3)CN2)cc1-c1ccc(F)cc1)C(=O)OC1CCN(C)CC1. The molecular weight excluding hydrogens is 638 g/mol. The summed E-state index contributed by atoms with van der Waals surface area (Å²) in [5.74, 6) is 0.0187. The number of benzene rings is 3. The Balaban J connectivity index is 1.25. The molecule has 3 unspecified atom stereocenters. The zero-order valence-electron chi connectivity index (χ0n) is 26.8. The third-order valence-electron chi connectivity index (χ3n) is 8.46. The summed E-state index contributed by atoms with van der Waals surface area (Å²) in [7, 11) is 2.05. The van der Waals surface area contributed by atoms with Gasteiger partial charge in [0, 0.05) is 42.1 Å². The molecule has 2 saturated heterocycles. The maximum absolute atomic E-state index is 13.8. The largest absolute Gasteiger partial charge is 0.492 e. The number of nitrogens with zero attached hydrogens (tertiary/aromatic N) is 1. The Morgan fingerprint density at radius 1 is 1.04 bits per heavy atom. The summed E-state index contributed by atoms with van der Waals surface area (Å²) in [6.07, 6.45) is 4.55. The molecule has 47 heavy (non-hydrogen) atoms. The van der Waals surface area contributed by atoms with Crippen LogP contribution >= 0.6 is 23.5 Å². The highest BCUT2D eigenvalue weighted by Crippen LogP contribution is 2.30. The lowest BCUT2D eigenvalue weighted by molar-refractivity contribution is -0.153. The summed E-state index contributed by atoms with van der Waals surface area (Å²) in [5.41, 5.74) is 2.25. The molecule has 2 heterocycles. The molecule has 0 aliphatic carbocycles. The van der Waals surface area contributed by atoms with Crippen molar-refractivity contribution in [3.8, 4) is 16.9 Å². The van der Waals surface area contributed by atoms with Crippen molar-refractivity contribution in [2.75, 3.05) is 45.3 Å². The second kappa shape index (κ2) is 17.1. The second-order valence-electron chi connectivity index (χ2n) is 12.0. The maximum atomic E-state index is 13.8. The summed E-state index contributed by atoms with van der Waals surface area (Å²) in [6.45, 7) is 2.80. The van der Waals surface area contributed by atoms with Crippen molar-refractivity contribution >= 4 is 40.5 Å². The molecule has 3 aromatic carbocycles. The van der Waals surface area contributed by atoms with Crippen molar-refractivity contribution in [2.24, 2.45) is 0 Å². The molecule has 2 fully saturated rings. The number of carbonyl (C=O) groups excluding carboxylic acids is 3. The van der Waals surface area contributed by atoms with E-state index in [0.29, 0.717) is 53.3 Å². The molecule has 2 aliphatic heterocycles. The standard InChI is InChI=1S/C36H42FN3O5S2/c1-40-17-14-28(15-18-40)45-35(42)33(16-19-46-2)39-34(41)31-13-12-29(21-32(31)24-8-10-26(37)11-9-24)44-23-27-20-30(22-38-27)47-36(43)25-6-4-3-5-7-25/h3-13,21,27-28,30,33,38H,14-20,22-23H2,1-2H3,(H,39,41). The van der Waals surface area contributed by atoms with Gasteiger partial charge < -0.3 is 25.0 Å². The zero-order chi connectivity index (χ0) is 33.2. The first-order chi connectivity index (χ1) is 22.8. The van der Waals surface area contributed by atoms with Crippen molar-refractivity contribution < 1.29 is 28.2 Å². The first kappa shape index (κ1) is 34.9. The number of nitrogens with one attached hydrogen (secondary N) is 2. The van der Waals surface area contributed by atoms with Crippen LogP contribution in [0.2, 0.25) is 0 Å². The van der Waals surface area contributed by atoms with Crippen LogP contribution in [0.5, 0.6) is 5.75 Å². The summed E-state index contributed by atoms with van der Waals surface area (Å²) < 4.78 is 25.9. The summed E-state index contributed by atoms with van der Waals surface area (Å²) in [4.78, 5) is 41.8. The molecule has 1 amide bonds. The number of ether oxygens (including phenoxy) is 2. The first-order valence-electron chi connectivity index (χ1n) is 16.0. The molecule has 2 N–H and O–H groups in total. The van der Waals surface area contributed by atoms with Crippen LogP contribution in [0.3, 0.4) is 0 Å². The van der Waals surface area contributed by atoms with Gasteiger partial charge in [-0.15, -0.1) is 0 Å². The fraction of sp³-hybridized carbons (Fsp3) is 0.417. The molecule has 3 aromatic rings. The molecule has 3 atom stereocenters. The summed E-state index contributed by atoms with van der Waals surface area (Å²) in [5, 5.41) is 6.57. The van der Waals surface area contributed by atoms with Crippen LogP contribution in [0.1, 0.15) is 46.4 Å². The number of piperidine rings is 1. The average molecular weight is 680 g/mol. The molecular formula is C36H42FN3O5S2. The van der Waals surface area contributed by atoms with Crippen molar-refractivity contribution in [3.63, 3.8) is 0 Å². The van der Waals surface area contributed by atoms with E-state index in [0.717, 1.165) is 32.4 Å². The van der Waals surface area contributed by atoms with Gasteiger partial charge in [-0.25, -0.2) is 9.18 Å². The number of thioether (sulfide) groups is 2. The average Bonchev–Trinajstić information content (AvgIpc) is 3.54. The van der Waals surface area contributed by atoms with Crippen LogP contribution in [-0.4, -0.2) is 90.6 Å². The Morgan fingerprint density at radius 2 is 1.79 bits per heavy atom. The van der Waals surface area contributed by atoms with Gasteiger partial charge in [-0.2, -0.15) is 11.8 Å². The van der Waals surface area contributed by atoms with E-state index in [-0.39, 0.29) is 28.3 Å². The number of carbonyl (C=O) groups is 3. The van der Waals surface area contributed by atoms with Gasteiger partial charge in [-0.05, 0) is 86.2 Å². The molecule has 0 spiro atoms. The molecule has 5 rings (SSSR count). The van der Waals surface area contributed by atoms with E-state index in [4.69, 9.17) is 9.47 Å². The normalized spacial score (nSPS) is 19.2. The van der Waals surface area contributed by atoms with Gasteiger partial charge in [-0.3, -0.25) is 9.59 Å². The van der Waals surface area contributed by atoms with Crippen LogP contribution in [0.4, 0.5) is 4.39 Å². The minimum atomic E-state index is -0.792. The fourth-order valence-electron chi connectivity index (χ4n) is 5.74. The van der Waals surface area contributed by atoms with Crippen LogP contribution in [0.15, 0.2) is 72.8 Å². The number of amides is 1. The van der Waals surface area contributed by atoms with Crippen molar-refractivity contribution in [3.05, 3.63) is 89.7 Å². The van der Waals surface area contributed by atoms with Crippen LogP contribution in [-0.2, 0) is 9.53 Å². The van der Waals surface area contributed by atoms with Gasteiger partial charge in [0.15, 0.2) is 0 Å². The maximum Gasteiger partial charge on any atom is 0.328 e. The molecule has 250 valence electrons. The highest BCUT2D eigenvalue weighted by atomic mass is 32.2. The Morgan fingerprint density at radius 3 is 2.51 bits per heavy atom. The third kappa shape index (κ3) is 10.1. The van der Waals surface area contributed by atoms with Gasteiger partial charge in [-0.1, -0.05) is 54.2 Å². The topological polar surface area (TPSA) is 97.0 Å². The second-order valence-corrected chi connectivity index (χ2v) is 14.3. The molecule has 0 saturated carbocycles. The number of halogens is 1. The Kier molecular flexibility index (Phi) is 12.7. The predicted octanol–water partition coefficient (Wildman–Crippen LogP) is 5.66. The lowest BCUT2D eigenvalue weighted by Gasteiger charge is -2.30. The monoisotopic (exact) mass is 679 g/mol. The molecule has 0 bridgehead atoms. The molecule has 2 aliphatic rings. The highest BCUT2D eigenvalue weighted by Gasteiger charge is 2.29. The Bertz CT molecular complexity index is 1500. The van der Waals surface area contributed by atoms with Crippen LogP contribution in [0, 0.1) is 5.82 Å². The first-order valence-corrected chi connectivity index (χ1v) is 18.3. The quantitative estimate of drug-likeness (QED) is 0.222. The third-order valence-corrected chi connectivity index (χ3v) is 10.2. The van der Waals surface area contributed by atoms with Crippen molar-refractivity contribution in [1.82, 2.24) is 15.5 Å². The molecule has 0 aromatic heterocycles. The predicted molar refractivity (Wildman–Crippen MR) is 187 cm³/mol. The van der Waals surface area contributed by atoms with E-state index in [2.05, 4.69) is 15.5 Å². The van der Waals surface area contributed by atoms with Gasteiger partial charge in [0.1, 0.15) is 30.3 Å².